The van der Waals surface area contributed by atoms with Crippen LogP contribution in [0.1, 0.15) is 0 Å². The Balaban J connectivity index is 1.56. The number of rotatable bonds is 7. The lowest BCUT2D eigenvalue weighted by Crippen LogP contribution is -2.15. The van der Waals surface area contributed by atoms with Gasteiger partial charge in [-0.2, -0.15) is 0 Å². The van der Waals surface area contributed by atoms with Crippen LogP contribution in [-0.4, -0.2) is 23.9 Å². The fourth-order valence-electron chi connectivity index (χ4n) is 3.24. The van der Waals surface area contributed by atoms with Crippen LogP contribution in [0.15, 0.2) is 94.7 Å². The molecule has 0 saturated heterocycles. The van der Waals surface area contributed by atoms with Crippen molar-refractivity contribution in [1.82, 2.24) is 0 Å². The summed E-state index contributed by atoms with van der Waals surface area (Å²) >= 11 is 0. The van der Waals surface area contributed by atoms with E-state index >= 15 is 0 Å². The number of benzene rings is 4. The molecule has 0 amide bonds. The Labute approximate surface area is 190 Å². The Morgan fingerprint density at radius 2 is 1.36 bits per heavy atom. The highest BCUT2D eigenvalue weighted by molar-refractivity contribution is 7.93. The van der Waals surface area contributed by atoms with Crippen LogP contribution in [-0.2, 0) is 20.0 Å². The van der Waals surface area contributed by atoms with E-state index in [4.69, 9.17) is 4.74 Å². The van der Waals surface area contributed by atoms with Crippen LogP contribution in [0.4, 0.5) is 15.8 Å². The molecule has 170 valence electrons. The first-order valence-corrected chi connectivity index (χ1v) is 12.6. The standard InChI is InChI=1S/C23H19FN2O5S2/c1-31-23-15-19(13-14-21(23)24)33(29,30)25-17-9-11-18(12-10-17)32(27,28)26-22-8-4-6-16-5-2-3-7-20(16)22/h2-15,25-26H,1H3. The van der Waals surface area contributed by atoms with Gasteiger partial charge in [-0.3, -0.25) is 9.44 Å². The summed E-state index contributed by atoms with van der Waals surface area (Å²) in [6.07, 6.45) is 0. The van der Waals surface area contributed by atoms with Crippen molar-refractivity contribution in [2.45, 2.75) is 9.79 Å². The van der Waals surface area contributed by atoms with Gasteiger partial charge in [0, 0.05) is 17.1 Å². The number of hydrogen-bond donors (Lipinski definition) is 2. The molecule has 0 atom stereocenters. The van der Waals surface area contributed by atoms with Crippen molar-refractivity contribution in [2.75, 3.05) is 16.6 Å². The molecule has 10 heteroatoms. The summed E-state index contributed by atoms with van der Waals surface area (Å²) in [5.74, 6) is -0.900. The summed E-state index contributed by atoms with van der Waals surface area (Å²) in [6.45, 7) is 0. The summed E-state index contributed by atoms with van der Waals surface area (Å²) < 4.78 is 74.3. The average molecular weight is 487 g/mol. The lowest BCUT2D eigenvalue weighted by Gasteiger charge is -2.12. The Bertz CT molecular complexity index is 1530. The van der Waals surface area contributed by atoms with E-state index < -0.39 is 25.9 Å². The number of ether oxygens (including phenoxy) is 1. The first-order valence-electron chi connectivity index (χ1n) is 9.67. The van der Waals surface area contributed by atoms with E-state index in [0.717, 1.165) is 29.0 Å². The van der Waals surface area contributed by atoms with E-state index in [2.05, 4.69) is 9.44 Å². The zero-order valence-electron chi connectivity index (χ0n) is 17.3. The molecule has 7 nitrogen and oxygen atoms in total. The molecule has 0 radical (unpaired) electrons. The third kappa shape index (κ3) is 4.76. The maximum atomic E-state index is 13.6. The third-order valence-electron chi connectivity index (χ3n) is 4.88. The van der Waals surface area contributed by atoms with Crippen molar-refractivity contribution in [2.24, 2.45) is 0 Å². The lowest BCUT2D eigenvalue weighted by molar-refractivity contribution is 0.385. The molecule has 4 aromatic rings. The predicted octanol–water partition coefficient (Wildman–Crippen LogP) is 4.59. The van der Waals surface area contributed by atoms with E-state index in [1.807, 2.05) is 30.3 Å². The number of fused-ring (bicyclic) bond motifs is 1. The molecule has 0 aliphatic carbocycles. The molecule has 4 aromatic carbocycles. The molecule has 4 rings (SSSR count). The molecular weight excluding hydrogens is 467 g/mol. The lowest BCUT2D eigenvalue weighted by atomic mass is 10.1. The average Bonchev–Trinajstić information content (AvgIpc) is 2.79. The second-order valence-electron chi connectivity index (χ2n) is 7.06. The first kappa shape index (κ1) is 22.6. The van der Waals surface area contributed by atoms with Crippen LogP contribution in [0, 0.1) is 5.82 Å². The van der Waals surface area contributed by atoms with E-state index in [1.54, 1.807) is 12.1 Å². The maximum absolute atomic E-state index is 13.6. The fourth-order valence-corrected chi connectivity index (χ4v) is 5.39. The highest BCUT2D eigenvalue weighted by Crippen LogP contribution is 2.27. The second kappa shape index (κ2) is 8.72. The van der Waals surface area contributed by atoms with Gasteiger partial charge in [0.15, 0.2) is 11.6 Å². The number of anilines is 2. The third-order valence-corrected chi connectivity index (χ3v) is 7.64. The molecule has 0 bridgehead atoms. The molecule has 0 fully saturated rings. The van der Waals surface area contributed by atoms with Crippen LogP contribution in [0.3, 0.4) is 0 Å². The maximum Gasteiger partial charge on any atom is 0.262 e. The summed E-state index contributed by atoms with van der Waals surface area (Å²) in [7, 11) is -6.73. The molecule has 0 heterocycles. The Morgan fingerprint density at radius 3 is 2.09 bits per heavy atom. The van der Waals surface area contributed by atoms with Gasteiger partial charge in [-0.05, 0) is 47.9 Å². The van der Waals surface area contributed by atoms with Gasteiger partial charge in [-0.1, -0.05) is 36.4 Å². The molecular formula is C23H19FN2O5S2. The van der Waals surface area contributed by atoms with Gasteiger partial charge in [0.1, 0.15) is 0 Å². The first-order chi connectivity index (χ1) is 15.7. The van der Waals surface area contributed by atoms with E-state index in [0.29, 0.717) is 5.69 Å². The van der Waals surface area contributed by atoms with Crippen molar-refractivity contribution >= 4 is 42.2 Å². The highest BCUT2D eigenvalue weighted by Gasteiger charge is 2.19. The Kier molecular flexibility index (Phi) is 5.96. The van der Waals surface area contributed by atoms with Gasteiger partial charge in [0.25, 0.3) is 20.0 Å². The topological polar surface area (TPSA) is 102 Å². The van der Waals surface area contributed by atoms with Crippen LogP contribution in [0.5, 0.6) is 5.75 Å². The number of hydrogen-bond acceptors (Lipinski definition) is 5. The highest BCUT2D eigenvalue weighted by atomic mass is 32.2. The molecule has 0 unspecified atom stereocenters. The smallest absolute Gasteiger partial charge is 0.262 e. The van der Waals surface area contributed by atoms with Crippen LogP contribution in [0.2, 0.25) is 0 Å². The van der Waals surface area contributed by atoms with Crippen LogP contribution >= 0.6 is 0 Å². The van der Waals surface area contributed by atoms with Crippen molar-refractivity contribution in [3.63, 3.8) is 0 Å². The van der Waals surface area contributed by atoms with Crippen LogP contribution < -0.4 is 14.2 Å². The molecule has 0 aromatic heterocycles. The van der Waals surface area contributed by atoms with Crippen molar-refractivity contribution in [3.05, 3.63) is 90.7 Å². The molecule has 0 spiro atoms. The van der Waals surface area contributed by atoms with Crippen molar-refractivity contribution in [1.29, 1.82) is 0 Å². The van der Waals surface area contributed by atoms with Gasteiger partial charge in [-0.15, -0.1) is 0 Å². The summed E-state index contributed by atoms with van der Waals surface area (Å²) in [4.78, 5) is -0.239. The molecule has 33 heavy (non-hydrogen) atoms. The number of halogens is 1. The monoisotopic (exact) mass is 486 g/mol. The van der Waals surface area contributed by atoms with Crippen molar-refractivity contribution < 1.29 is 26.0 Å². The minimum absolute atomic E-state index is 0.0400. The van der Waals surface area contributed by atoms with Gasteiger partial charge < -0.3 is 4.74 Å². The van der Waals surface area contributed by atoms with E-state index in [9.17, 15) is 21.2 Å². The van der Waals surface area contributed by atoms with Crippen molar-refractivity contribution in [3.8, 4) is 5.75 Å². The zero-order valence-corrected chi connectivity index (χ0v) is 19.0. The van der Waals surface area contributed by atoms with Gasteiger partial charge >= 0.3 is 0 Å². The second-order valence-corrected chi connectivity index (χ2v) is 10.4. The predicted molar refractivity (Wildman–Crippen MR) is 125 cm³/mol. The van der Waals surface area contributed by atoms with Gasteiger partial charge in [0.05, 0.1) is 22.6 Å². The Hall–Kier alpha value is -3.63. The van der Waals surface area contributed by atoms with E-state index in [1.165, 1.54) is 31.4 Å². The summed E-state index contributed by atoms with van der Waals surface area (Å²) in [5, 5.41) is 1.64. The number of sulfonamides is 2. The number of nitrogens with one attached hydrogen (secondary N) is 2. The summed E-state index contributed by atoms with van der Waals surface area (Å²) in [5.41, 5.74) is 0.575. The Morgan fingerprint density at radius 1 is 0.727 bits per heavy atom. The largest absolute Gasteiger partial charge is 0.494 e. The SMILES string of the molecule is COc1cc(S(=O)(=O)Nc2ccc(S(=O)(=O)Nc3cccc4ccccc34)cc2)ccc1F. The minimum Gasteiger partial charge on any atom is -0.494 e. The fraction of sp³-hybridized carbons (Fsp3) is 0.0435. The van der Waals surface area contributed by atoms with E-state index in [-0.39, 0.29) is 21.2 Å². The minimum atomic E-state index is -4.05. The quantitative estimate of drug-likeness (QED) is 0.398. The number of methoxy groups -OCH3 is 1. The van der Waals surface area contributed by atoms with Gasteiger partial charge in [0.2, 0.25) is 0 Å². The molecule has 0 aliphatic rings. The molecule has 2 N–H and O–H groups in total. The zero-order chi connectivity index (χ0) is 23.6. The van der Waals surface area contributed by atoms with Crippen LogP contribution in [0.25, 0.3) is 10.8 Å². The normalized spacial score (nSPS) is 11.8. The molecule has 0 aliphatic heterocycles. The van der Waals surface area contributed by atoms with Gasteiger partial charge in [-0.25, -0.2) is 21.2 Å². The molecule has 0 saturated carbocycles. The summed E-state index contributed by atoms with van der Waals surface area (Å²) in [6, 6.07) is 21.1.